The molecule has 1 saturated heterocycles. The first-order valence-corrected chi connectivity index (χ1v) is 6.00. The minimum atomic E-state index is 0.525. The lowest BCUT2D eigenvalue weighted by Crippen LogP contribution is -2.52. The van der Waals surface area contributed by atoms with Crippen LogP contribution >= 0.6 is 0 Å². The van der Waals surface area contributed by atoms with Gasteiger partial charge in [0.05, 0.1) is 0 Å². The molecule has 0 aromatic carbocycles. The Kier molecular flexibility index (Phi) is 3.81. The molecule has 17 heavy (non-hydrogen) atoms. The van der Waals surface area contributed by atoms with E-state index in [2.05, 4.69) is 34.2 Å². The van der Waals surface area contributed by atoms with Gasteiger partial charge in [-0.15, -0.1) is 0 Å². The third-order valence-corrected chi connectivity index (χ3v) is 3.27. The molecule has 5 heteroatoms. The van der Waals surface area contributed by atoms with Crippen LogP contribution in [0.15, 0.2) is 18.2 Å². The van der Waals surface area contributed by atoms with Gasteiger partial charge in [-0.2, -0.15) is 0 Å². The first kappa shape index (κ1) is 12.1. The van der Waals surface area contributed by atoms with Crippen LogP contribution in [0.2, 0.25) is 0 Å². The number of nitrogens with zero attached hydrogens (tertiary/aromatic N) is 3. The molecule has 1 aliphatic heterocycles. The van der Waals surface area contributed by atoms with E-state index in [-0.39, 0.29) is 0 Å². The maximum atomic E-state index is 5.65. The minimum absolute atomic E-state index is 0.525. The van der Waals surface area contributed by atoms with Crippen molar-refractivity contribution in [2.45, 2.75) is 6.04 Å². The molecule has 3 N–H and O–H groups in total. The number of hydrogen-bond donors (Lipinski definition) is 2. The molecule has 1 unspecified atom stereocenters. The summed E-state index contributed by atoms with van der Waals surface area (Å²) in [7, 11) is 4.34. The number of aromatic nitrogens is 1. The Hall–Kier alpha value is -1.33. The molecule has 1 fully saturated rings. The molecule has 1 atom stereocenters. The van der Waals surface area contributed by atoms with Crippen molar-refractivity contribution in [2.24, 2.45) is 0 Å². The van der Waals surface area contributed by atoms with Crippen LogP contribution in [0, 0.1) is 0 Å². The zero-order chi connectivity index (χ0) is 12.3. The third kappa shape index (κ3) is 3.31. The Morgan fingerprint density at radius 2 is 2.24 bits per heavy atom. The molecule has 0 aliphatic carbocycles. The number of nitrogen functional groups attached to an aromatic ring is 1. The van der Waals surface area contributed by atoms with Gasteiger partial charge < -0.3 is 16.0 Å². The van der Waals surface area contributed by atoms with Gasteiger partial charge >= 0.3 is 0 Å². The van der Waals surface area contributed by atoms with Gasteiger partial charge in [-0.3, -0.25) is 4.90 Å². The number of rotatable bonds is 3. The van der Waals surface area contributed by atoms with E-state index in [1.165, 1.54) is 0 Å². The second-order valence-corrected chi connectivity index (χ2v) is 4.73. The molecule has 0 spiro atoms. The third-order valence-electron chi connectivity index (χ3n) is 3.27. The zero-order valence-electron chi connectivity index (χ0n) is 10.6. The summed E-state index contributed by atoms with van der Waals surface area (Å²) in [6, 6.07) is 6.19. The summed E-state index contributed by atoms with van der Waals surface area (Å²) in [5.41, 5.74) is 5.65. The molecule has 0 saturated carbocycles. The molecule has 0 amide bonds. The predicted molar refractivity (Wildman–Crippen MR) is 71.1 cm³/mol. The highest BCUT2D eigenvalue weighted by Gasteiger charge is 2.21. The molecule has 1 aromatic heterocycles. The number of nitrogens with two attached hydrogens (primary N) is 1. The lowest BCUT2D eigenvalue weighted by molar-refractivity contribution is 0.122. The fourth-order valence-corrected chi connectivity index (χ4v) is 2.09. The monoisotopic (exact) mass is 235 g/mol. The fraction of sp³-hybridized carbons (Fsp3) is 0.583. The van der Waals surface area contributed by atoms with Crippen LogP contribution in [0.1, 0.15) is 0 Å². The standard InChI is InChI=1S/C12H21N5/c1-16-6-7-17(2)10(9-16)8-14-12-5-3-4-11(13)15-12/h3-5,10H,6-9H2,1-2H3,(H3,13,14,15). The summed E-state index contributed by atoms with van der Waals surface area (Å²) in [4.78, 5) is 8.98. The van der Waals surface area contributed by atoms with Gasteiger partial charge in [-0.25, -0.2) is 4.98 Å². The summed E-state index contributed by atoms with van der Waals surface area (Å²) in [6.45, 7) is 4.25. The van der Waals surface area contributed by atoms with Crippen molar-refractivity contribution in [3.8, 4) is 0 Å². The highest BCUT2D eigenvalue weighted by atomic mass is 15.3. The summed E-state index contributed by atoms with van der Waals surface area (Å²) >= 11 is 0. The average Bonchev–Trinajstić information content (AvgIpc) is 2.30. The highest BCUT2D eigenvalue weighted by Crippen LogP contribution is 2.09. The van der Waals surface area contributed by atoms with Gasteiger partial charge in [0.1, 0.15) is 11.6 Å². The van der Waals surface area contributed by atoms with E-state index in [4.69, 9.17) is 5.73 Å². The Labute approximate surface area is 103 Å². The number of anilines is 2. The second kappa shape index (κ2) is 5.33. The van der Waals surface area contributed by atoms with Gasteiger partial charge in [-0.1, -0.05) is 6.07 Å². The van der Waals surface area contributed by atoms with E-state index in [1.54, 1.807) is 6.07 Å². The lowest BCUT2D eigenvalue weighted by Gasteiger charge is -2.37. The summed E-state index contributed by atoms with van der Waals surface area (Å²) in [5, 5.41) is 3.35. The zero-order valence-corrected chi connectivity index (χ0v) is 10.6. The summed E-state index contributed by atoms with van der Waals surface area (Å²) in [6.07, 6.45) is 0. The molecule has 0 radical (unpaired) electrons. The number of likely N-dealkylation sites (N-methyl/N-ethyl adjacent to an activating group) is 2. The molecular weight excluding hydrogens is 214 g/mol. The molecule has 1 aliphatic rings. The van der Waals surface area contributed by atoms with E-state index < -0.39 is 0 Å². The second-order valence-electron chi connectivity index (χ2n) is 4.73. The van der Waals surface area contributed by atoms with Crippen LogP contribution in [0.3, 0.4) is 0 Å². The van der Waals surface area contributed by atoms with E-state index in [1.807, 2.05) is 12.1 Å². The minimum Gasteiger partial charge on any atom is -0.384 e. The maximum absolute atomic E-state index is 5.65. The van der Waals surface area contributed by atoms with E-state index in [9.17, 15) is 0 Å². The number of pyridine rings is 1. The molecular formula is C12H21N5. The normalized spacial score (nSPS) is 22.6. The van der Waals surface area contributed by atoms with Gasteiger partial charge in [0.25, 0.3) is 0 Å². The van der Waals surface area contributed by atoms with E-state index >= 15 is 0 Å². The van der Waals surface area contributed by atoms with Gasteiger partial charge in [0.2, 0.25) is 0 Å². The topological polar surface area (TPSA) is 57.4 Å². The largest absolute Gasteiger partial charge is 0.384 e. The van der Waals surface area contributed by atoms with Crippen molar-refractivity contribution in [3.05, 3.63) is 18.2 Å². The van der Waals surface area contributed by atoms with Crippen LogP contribution in [0.25, 0.3) is 0 Å². The van der Waals surface area contributed by atoms with Crippen molar-refractivity contribution in [1.82, 2.24) is 14.8 Å². The smallest absolute Gasteiger partial charge is 0.128 e. The first-order valence-electron chi connectivity index (χ1n) is 6.00. The number of nitrogens with one attached hydrogen (secondary N) is 1. The predicted octanol–water partition coefficient (Wildman–Crippen LogP) is 0.322. The van der Waals surface area contributed by atoms with Crippen molar-refractivity contribution in [3.63, 3.8) is 0 Å². The Bertz CT molecular complexity index is 368. The summed E-state index contributed by atoms with van der Waals surface area (Å²) < 4.78 is 0. The first-order chi connectivity index (χ1) is 8.15. The van der Waals surface area contributed by atoms with Crippen LogP contribution in [-0.2, 0) is 0 Å². The van der Waals surface area contributed by atoms with Gasteiger partial charge in [0.15, 0.2) is 0 Å². The fourth-order valence-electron chi connectivity index (χ4n) is 2.09. The molecule has 0 bridgehead atoms. The SMILES string of the molecule is CN1CCN(C)C(CNc2cccc(N)n2)C1. The molecule has 94 valence electrons. The quantitative estimate of drug-likeness (QED) is 0.790. The Balaban J connectivity index is 1.88. The Morgan fingerprint density at radius 3 is 3.00 bits per heavy atom. The van der Waals surface area contributed by atoms with Crippen LogP contribution < -0.4 is 11.1 Å². The van der Waals surface area contributed by atoms with E-state index in [0.717, 1.165) is 32.0 Å². The highest BCUT2D eigenvalue weighted by molar-refractivity contribution is 5.42. The molecule has 1 aromatic rings. The molecule has 5 nitrogen and oxygen atoms in total. The number of hydrogen-bond acceptors (Lipinski definition) is 5. The van der Waals surface area contributed by atoms with Crippen molar-refractivity contribution >= 4 is 11.6 Å². The van der Waals surface area contributed by atoms with E-state index in [0.29, 0.717) is 11.9 Å². The van der Waals surface area contributed by atoms with Gasteiger partial charge in [-0.05, 0) is 26.2 Å². The summed E-state index contributed by atoms with van der Waals surface area (Å²) in [5.74, 6) is 1.41. The molecule has 2 heterocycles. The van der Waals surface area contributed by atoms with Crippen molar-refractivity contribution in [2.75, 3.05) is 51.3 Å². The van der Waals surface area contributed by atoms with Crippen LogP contribution in [-0.4, -0.2) is 61.1 Å². The maximum Gasteiger partial charge on any atom is 0.128 e. The van der Waals surface area contributed by atoms with Gasteiger partial charge in [0, 0.05) is 32.2 Å². The number of piperazine rings is 1. The Morgan fingerprint density at radius 1 is 1.41 bits per heavy atom. The average molecular weight is 235 g/mol. The van der Waals surface area contributed by atoms with Crippen molar-refractivity contribution in [1.29, 1.82) is 0 Å². The van der Waals surface area contributed by atoms with Crippen LogP contribution in [0.4, 0.5) is 11.6 Å². The van der Waals surface area contributed by atoms with Crippen LogP contribution in [0.5, 0.6) is 0 Å². The molecule has 2 rings (SSSR count). The van der Waals surface area contributed by atoms with Crippen molar-refractivity contribution < 1.29 is 0 Å². The lowest BCUT2D eigenvalue weighted by atomic mass is 10.2.